The van der Waals surface area contributed by atoms with Crippen molar-refractivity contribution in [3.8, 4) is 0 Å². The minimum absolute atomic E-state index is 0.0195. The van der Waals surface area contributed by atoms with Crippen LogP contribution in [0.1, 0.15) is 80.9 Å². The molecule has 2 saturated heterocycles. The molecule has 6 rings (SSSR count). The summed E-state index contributed by atoms with van der Waals surface area (Å²) < 4.78 is 35.4. The first-order chi connectivity index (χ1) is 27.6. The predicted molar refractivity (Wildman–Crippen MR) is 210 cm³/mol. The lowest BCUT2D eigenvalue weighted by molar-refractivity contribution is -0.159. The second kappa shape index (κ2) is 17.5. The number of benzene rings is 3. The maximum atomic E-state index is 13.8. The molecule has 0 aromatic heterocycles. The van der Waals surface area contributed by atoms with Gasteiger partial charge < -0.3 is 38.8 Å². The average Bonchev–Trinajstić information content (AvgIpc) is 3.72. The summed E-state index contributed by atoms with van der Waals surface area (Å²) in [5.74, 6) is -4.37. The van der Waals surface area contributed by atoms with E-state index in [1.807, 2.05) is 60.7 Å². The van der Waals surface area contributed by atoms with Crippen LogP contribution in [0.3, 0.4) is 0 Å². The molecule has 2 fully saturated rings. The van der Waals surface area contributed by atoms with Crippen molar-refractivity contribution in [3.63, 3.8) is 0 Å². The minimum atomic E-state index is -1.41. The molecule has 2 N–H and O–H groups in total. The standard InChI is InChI=1S/C45H49NO12/c1-43(2,3)57-37(49)23-21-33(26-47)46-40(50)30-24-34(38-35(25-30)56-45(58-38,31-12-8-6-9-13-31)32-14-10-7-11-15-32)54-41(51)29-19-16-28(17-20-29)18-22-36(48)55-39-42(52)53-27-44(39,4)5/h6-20,22,25,33-35,38-39,47H,21,23-24,26-27H2,1-5H3,(H,46,50). The fraction of sp³-hybridized carbons (Fsp3) is 0.400. The molecule has 0 radical (unpaired) electrons. The summed E-state index contributed by atoms with van der Waals surface area (Å²) in [4.78, 5) is 64.5. The van der Waals surface area contributed by atoms with Crippen LogP contribution < -0.4 is 5.32 Å². The van der Waals surface area contributed by atoms with Gasteiger partial charge in [-0.3, -0.25) is 9.59 Å². The zero-order chi connectivity index (χ0) is 41.7. The van der Waals surface area contributed by atoms with Crippen LogP contribution in [0.15, 0.2) is 103 Å². The first-order valence-electron chi connectivity index (χ1n) is 19.2. The van der Waals surface area contributed by atoms with Gasteiger partial charge in [0, 0.05) is 41.0 Å². The highest BCUT2D eigenvalue weighted by Gasteiger charge is 2.55. The zero-order valence-corrected chi connectivity index (χ0v) is 33.2. The molecule has 5 unspecified atom stereocenters. The molecule has 13 nitrogen and oxygen atoms in total. The van der Waals surface area contributed by atoms with E-state index in [2.05, 4.69) is 5.32 Å². The Morgan fingerprint density at radius 1 is 0.914 bits per heavy atom. The number of carbonyl (C=O) groups excluding carboxylic acids is 5. The van der Waals surface area contributed by atoms with Gasteiger partial charge in [0.05, 0.1) is 18.2 Å². The van der Waals surface area contributed by atoms with Crippen LogP contribution in [0.25, 0.3) is 6.08 Å². The third kappa shape index (κ3) is 9.90. The lowest BCUT2D eigenvalue weighted by atomic mass is 9.90. The van der Waals surface area contributed by atoms with Gasteiger partial charge >= 0.3 is 23.9 Å². The van der Waals surface area contributed by atoms with E-state index in [0.717, 1.165) is 0 Å². The normalized spacial score (nSPS) is 22.6. The topological polar surface area (TPSA) is 173 Å². The SMILES string of the molecule is CC(C)(C)OC(=O)CCC(CO)NC(=O)C1=CC2OC(c3ccccc3)(c3ccccc3)OC2C(OC(=O)c2ccc(C=CC(=O)OC3C(=O)OCC3(C)C)cc2)C1. The Morgan fingerprint density at radius 3 is 2.12 bits per heavy atom. The molecule has 0 saturated carbocycles. The van der Waals surface area contributed by atoms with Crippen LogP contribution in [0.2, 0.25) is 0 Å². The monoisotopic (exact) mass is 795 g/mol. The van der Waals surface area contributed by atoms with Crippen molar-refractivity contribution in [2.45, 2.75) is 95.7 Å². The van der Waals surface area contributed by atoms with E-state index in [9.17, 15) is 29.1 Å². The van der Waals surface area contributed by atoms with Crippen molar-refractivity contribution in [1.82, 2.24) is 5.32 Å². The molecule has 3 aromatic rings. The molecule has 13 heteroatoms. The molecule has 0 bridgehead atoms. The highest BCUT2D eigenvalue weighted by molar-refractivity contribution is 5.95. The summed E-state index contributed by atoms with van der Waals surface area (Å²) >= 11 is 0. The highest BCUT2D eigenvalue weighted by Crippen LogP contribution is 2.47. The number of nitrogens with one attached hydrogen (secondary N) is 1. The summed E-state index contributed by atoms with van der Waals surface area (Å²) in [6.45, 7) is 8.56. The lowest BCUT2D eigenvalue weighted by Gasteiger charge is -2.31. The van der Waals surface area contributed by atoms with Crippen LogP contribution in [0, 0.1) is 5.41 Å². The molecule has 306 valence electrons. The fourth-order valence-electron chi connectivity index (χ4n) is 6.95. The highest BCUT2D eigenvalue weighted by atomic mass is 16.8. The van der Waals surface area contributed by atoms with Crippen LogP contribution in [-0.4, -0.2) is 84.2 Å². The van der Waals surface area contributed by atoms with E-state index in [0.29, 0.717) is 16.7 Å². The van der Waals surface area contributed by atoms with Crippen LogP contribution in [-0.2, 0) is 53.4 Å². The number of aliphatic hydroxyl groups excluding tert-OH is 1. The number of rotatable bonds is 13. The van der Waals surface area contributed by atoms with E-state index >= 15 is 0 Å². The maximum absolute atomic E-state index is 13.8. The van der Waals surface area contributed by atoms with Crippen LogP contribution in [0.4, 0.5) is 0 Å². The van der Waals surface area contributed by atoms with E-state index < -0.39 is 83.7 Å². The second-order valence-corrected chi connectivity index (χ2v) is 16.2. The molecule has 58 heavy (non-hydrogen) atoms. The van der Waals surface area contributed by atoms with Gasteiger partial charge in [-0.1, -0.05) is 86.6 Å². The molecule has 1 aliphatic carbocycles. The molecule has 3 aromatic carbocycles. The van der Waals surface area contributed by atoms with Crippen molar-refractivity contribution in [1.29, 1.82) is 0 Å². The molecule has 3 aliphatic rings. The fourth-order valence-corrected chi connectivity index (χ4v) is 6.95. The van der Waals surface area contributed by atoms with Crippen molar-refractivity contribution < 1.29 is 57.5 Å². The van der Waals surface area contributed by atoms with E-state index in [-0.39, 0.29) is 37.0 Å². The third-order valence-electron chi connectivity index (χ3n) is 9.91. The average molecular weight is 796 g/mol. The van der Waals surface area contributed by atoms with Crippen LogP contribution >= 0.6 is 0 Å². The van der Waals surface area contributed by atoms with Gasteiger partial charge in [0.2, 0.25) is 17.8 Å². The largest absolute Gasteiger partial charge is 0.462 e. The van der Waals surface area contributed by atoms with E-state index in [4.69, 9.17) is 28.4 Å². The summed E-state index contributed by atoms with van der Waals surface area (Å²) in [7, 11) is 0. The molecular formula is C45H49NO12. The zero-order valence-electron chi connectivity index (χ0n) is 33.2. The van der Waals surface area contributed by atoms with Gasteiger partial charge in [0.25, 0.3) is 0 Å². The number of esters is 4. The quantitative estimate of drug-likeness (QED) is 0.130. The first kappa shape index (κ1) is 42.0. The van der Waals surface area contributed by atoms with Gasteiger partial charge in [-0.2, -0.15) is 0 Å². The maximum Gasteiger partial charge on any atom is 0.348 e. The molecule has 2 heterocycles. The summed E-state index contributed by atoms with van der Waals surface area (Å²) in [6.07, 6.45) is 0.739. The third-order valence-corrected chi connectivity index (χ3v) is 9.91. The smallest absolute Gasteiger partial charge is 0.348 e. The molecular weight excluding hydrogens is 746 g/mol. The summed E-state index contributed by atoms with van der Waals surface area (Å²) in [5.41, 5.74) is 1.10. The van der Waals surface area contributed by atoms with E-state index in [1.165, 1.54) is 24.3 Å². The molecule has 2 aliphatic heterocycles. The Morgan fingerprint density at radius 2 is 1.55 bits per heavy atom. The number of hydrogen-bond donors (Lipinski definition) is 2. The number of fused-ring (bicyclic) bond motifs is 1. The number of hydrogen-bond acceptors (Lipinski definition) is 12. The van der Waals surface area contributed by atoms with Gasteiger partial charge in [-0.25, -0.2) is 14.4 Å². The summed E-state index contributed by atoms with van der Waals surface area (Å²) in [5, 5.41) is 12.9. The number of carbonyl (C=O) groups is 5. The Labute approximate surface area is 337 Å². The van der Waals surface area contributed by atoms with Crippen molar-refractivity contribution in [3.05, 3.63) is 125 Å². The van der Waals surface area contributed by atoms with Crippen molar-refractivity contribution >= 4 is 35.9 Å². The number of cyclic esters (lactones) is 1. The Hall–Kier alpha value is -5.63. The van der Waals surface area contributed by atoms with Gasteiger partial charge in [-0.15, -0.1) is 0 Å². The molecule has 5 atom stereocenters. The number of amides is 1. The van der Waals surface area contributed by atoms with Crippen molar-refractivity contribution in [2.75, 3.05) is 13.2 Å². The minimum Gasteiger partial charge on any atom is -0.462 e. The Balaban J connectivity index is 1.21. The van der Waals surface area contributed by atoms with Crippen LogP contribution in [0.5, 0.6) is 0 Å². The molecule has 1 amide bonds. The van der Waals surface area contributed by atoms with Gasteiger partial charge in [0.15, 0.2) is 0 Å². The van der Waals surface area contributed by atoms with Gasteiger partial charge in [0.1, 0.15) is 30.5 Å². The number of ether oxygens (including phenoxy) is 6. The first-order valence-corrected chi connectivity index (χ1v) is 19.2. The molecule has 0 spiro atoms. The Bertz CT molecular complexity index is 2000. The van der Waals surface area contributed by atoms with E-state index in [1.54, 1.807) is 52.8 Å². The number of aliphatic hydroxyl groups is 1. The second-order valence-electron chi connectivity index (χ2n) is 16.2. The van der Waals surface area contributed by atoms with Gasteiger partial charge in [-0.05, 0) is 57.0 Å². The predicted octanol–water partition coefficient (Wildman–Crippen LogP) is 5.33. The Kier molecular flexibility index (Phi) is 12.6. The summed E-state index contributed by atoms with van der Waals surface area (Å²) in [6, 6.07) is 24.2. The van der Waals surface area contributed by atoms with Crippen molar-refractivity contribution in [2.24, 2.45) is 5.41 Å². The lowest BCUT2D eigenvalue weighted by Crippen LogP contribution is -2.45.